The van der Waals surface area contributed by atoms with E-state index in [1.165, 1.54) is 5.56 Å². The maximum Gasteiger partial charge on any atom is 0.246 e. The molecule has 0 bridgehead atoms. The Hall–Kier alpha value is -4.52. The van der Waals surface area contributed by atoms with Crippen molar-refractivity contribution in [3.63, 3.8) is 0 Å². The quantitative estimate of drug-likeness (QED) is 0.362. The third-order valence-electron chi connectivity index (χ3n) is 11.0. The van der Waals surface area contributed by atoms with Crippen molar-refractivity contribution in [2.45, 2.75) is 51.0 Å². The maximum absolute atomic E-state index is 14.5. The number of phenolic OH excluding ortho intramolecular Hbond substituents is 1. The molecular weight excluding hydrogens is 644 g/mol. The molecule has 3 aromatic rings. The summed E-state index contributed by atoms with van der Waals surface area (Å²) in [4.78, 5) is 57.9. The summed E-state index contributed by atoms with van der Waals surface area (Å²) in [7, 11) is 3.92. The van der Waals surface area contributed by atoms with E-state index in [1.54, 1.807) is 52.4 Å². The highest BCUT2D eigenvalue weighted by Gasteiger charge is 2.50. The van der Waals surface area contributed by atoms with E-state index < -0.39 is 12.2 Å². The van der Waals surface area contributed by atoms with Crippen LogP contribution in [0.4, 0.5) is 5.82 Å². The van der Waals surface area contributed by atoms with Crippen molar-refractivity contribution in [1.29, 1.82) is 0 Å². The molecule has 4 saturated heterocycles. The van der Waals surface area contributed by atoms with E-state index in [0.717, 1.165) is 75.6 Å². The summed E-state index contributed by atoms with van der Waals surface area (Å²) in [6.07, 6.45) is 3.72. The number of amides is 3. The zero-order valence-corrected chi connectivity index (χ0v) is 29.8. The topological polar surface area (TPSA) is 107 Å². The van der Waals surface area contributed by atoms with Crippen LogP contribution in [-0.4, -0.2) is 136 Å². The molecule has 1 N–H and O–H groups in total. The lowest BCUT2D eigenvalue weighted by atomic mass is 9.92. The van der Waals surface area contributed by atoms with Crippen molar-refractivity contribution in [2.24, 2.45) is 5.92 Å². The lowest BCUT2D eigenvalue weighted by Crippen LogP contribution is -2.75. The van der Waals surface area contributed by atoms with Gasteiger partial charge >= 0.3 is 0 Å². The number of rotatable bonds is 9. The number of carbonyl (C=O) groups excluding carboxylic acids is 3. The third-order valence-corrected chi connectivity index (χ3v) is 11.0. The van der Waals surface area contributed by atoms with Gasteiger partial charge in [-0.15, -0.1) is 0 Å². The fraction of sp³-hybridized carbons (Fsp3) is 0.487. The Morgan fingerprint density at radius 3 is 2.29 bits per heavy atom. The number of piperidine rings is 1. The van der Waals surface area contributed by atoms with Gasteiger partial charge in [0.25, 0.3) is 0 Å². The summed E-state index contributed by atoms with van der Waals surface area (Å²) < 4.78 is 0. The number of piperazine rings is 2. The Labute approximate surface area is 300 Å². The van der Waals surface area contributed by atoms with Crippen LogP contribution in [0, 0.1) is 5.92 Å². The minimum atomic E-state index is -0.797. The molecule has 2 aromatic carbocycles. The van der Waals surface area contributed by atoms with Crippen molar-refractivity contribution in [2.75, 3.05) is 71.4 Å². The number of phenols is 1. The Morgan fingerprint density at radius 1 is 0.843 bits per heavy atom. The smallest absolute Gasteiger partial charge is 0.246 e. The van der Waals surface area contributed by atoms with Crippen LogP contribution in [0.2, 0.25) is 0 Å². The van der Waals surface area contributed by atoms with E-state index in [2.05, 4.69) is 46.0 Å². The van der Waals surface area contributed by atoms with Crippen LogP contribution in [0.5, 0.6) is 5.75 Å². The van der Waals surface area contributed by atoms with Gasteiger partial charge in [-0.2, -0.15) is 0 Å². The van der Waals surface area contributed by atoms with Crippen LogP contribution >= 0.6 is 0 Å². The number of aromatic hydroxyl groups is 1. The van der Waals surface area contributed by atoms with Gasteiger partial charge in [0.05, 0.1) is 13.1 Å². The number of carbonyl (C=O) groups is 3. The molecule has 0 saturated carbocycles. The first kappa shape index (κ1) is 34.9. The number of likely N-dealkylation sites (N-methyl/N-ethyl adjacent to an activating group) is 2. The summed E-state index contributed by atoms with van der Waals surface area (Å²) in [6.45, 7) is 6.90. The minimum absolute atomic E-state index is 0.0151. The van der Waals surface area contributed by atoms with E-state index in [0.29, 0.717) is 13.0 Å². The van der Waals surface area contributed by atoms with Gasteiger partial charge in [-0.3, -0.25) is 24.3 Å². The number of likely N-dealkylation sites (tertiary alicyclic amines) is 1. The molecule has 5 heterocycles. The van der Waals surface area contributed by atoms with Crippen molar-refractivity contribution in [3.05, 3.63) is 89.6 Å². The highest BCUT2D eigenvalue weighted by Crippen LogP contribution is 2.32. The fourth-order valence-electron chi connectivity index (χ4n) is 8.16. The first-order chi connectivity index (χ1) is 24.7. The second-order valence-electron chi connectivity index (χ2n) is 14.6. The van der Waals surface area contributed by atoms with Gasteiger partial charge in [-0.05, 0) is 68.2 Å². The number of hydrazine groups is 1. The molecule has 2 atom stereocenters. The molecule has 270 valence electrons. The summed E-state index contributed by atoms with van der Waals surface area (Å²) in [5.74, 6) is 0.929. The van der Waals surface area contributed by atoms with E-state index in [4.69, 9.17) is 4.98 Å². The van der Waals surface area contributed by atoms with Gasteiger partial charge in [-0.25, -0.2) is 9.99 Å². The Balaban J connectivity index is 1.12. The number of hydrogen-bond acceptors (Lipinski definition) is 9. The predicted molar refractivity (Wildman–Crippen MR) is 194 cm³/mol. The second-order valence-corrected chi connectivity index (χ2v) is 14.6. The summed E-state index contributed by atoms with van der Waals surface area (Å²) in [5, 5.41) is 13.4. The number of hydrogen-bond donors (Lipinski definition) is 1. The highest BCUT2D eigenvalue weighted by atomic mass is 16.3. The molecule has 1 aromatic heterocycles. The molecule has 12 heteroatoms. The number of nitrogens with zero attached hydrogens (tertiary/aromatic N) is 8. The first-order valence-corrected chi connectivity index (χ1v) is 18.3. The molecule has 4 aliphatic rings. The number of pyridine rings is 1. The highest BCUT2D eigenvalue weighted by molar-refractivity contribution is 5.92. The monoisotopic (exact) mass is 694 g/mol. The Bertz CT molecular complexity index is 1670. The molecule has 3 amide bonds. The van der Waals surface area contributed by atoms with Gasteiger partial charge in [0.1, 0.15) is 23.8 Å². The molecule has 51 heavy (non-hydrogen) atoms. The van der Waals surface area contributed by atoms with Gasteiger partial charge in [0.15, 0.2) is 0 Å². The molecule has 4 aliphatic heterocycles. The molecule has 1 unspecified atom stereocenters. The number of aromatic nitrogens is 1. The largest absolute Gasteiger partial charge is 0.508 e. The molecule has 12 nitrogen and oxygen atoms in total. The SMILES string of the molecule is CN1CCN(c2ncccc2CN2CC3N(C(=O)CN(C)N3C(=O)CC3CCN(Cc4ccccc4)CC3)[C@@H](Cc3ccc(O)cc3)C2=O)CC1. The molecule has 0 radical (unpaired) electrons. The maximum atomic E-state index is 14.5. The van der Waals surface area contributed by atoms with Crippen molar-refractivity contribution < 1.29 is 19.5 Å². The van der Waals surface area contributed by atoms with Gasteiger partial charge < -0.3 is 24.7 Å². The van der Waals surface area contributed by atoms with Crippen LogP contribution in [0.25, 0.3) is 0 Å². The Kier molecular flexibility index (Phi) is 10.5. The van der Waals surface area contributed by atoms with E-state index in [1.807, 2.05) is 23.1 Å². The zero-order valence-electron chi connectivity index (χ0n) is 29.8. The van der Waals surface area contributed by atoms with E-state index in [-0.39, 0.29) is 48.9 Å². The molecular formula is C39H50N8O4. The average molecular weight is 695 g/mol. The van der Waals surface area contributed by atoms with Crippen LogP contribution in [-0.2, 0) is 33.9 Å². The molecule has 0 aliphatic carbocycles. The lowest BCUT2D eigenvalue weighted by molar-refractivity contribution is -0.203. The molecule has 4 fully saturated rings. The number of fused-ring (bicyclic) bond motifs is 1. The van der Waals surface area contributed by atoms with Gasteiger partial charge in [-0.1, -0.05) is 48.5 Å². The number of benzene rings is 2. The van der Waals surface area contributed by atoms with Crippen LogP contribution in [0.1, 0.15) is 36.0 Å². The standard InChI is InChI=1S/C39H50N8O4/c1-41-19-21-44(22-20-41)38-32(9-6-16-40-38)26-45-27-35-46(34(39(45)51)23-29-10-12-33(48)13-11-29)37(50)28-42(2)47(35)36(49)24-30-14-17-43(18-15-30)25-31-7-4-3-5-8-31/h3-13,16,30,34-35,48H,14-15,17-28H2,1-2H3/t34-,35?/m0/s1. The van der Waals surface area contributed by atoms with E-state index >= 15 is 0 Å². The normalized spacial score (nSPS) is 22.8. The van der Waals surface area contributed by atoms with Crippen molar-refractivity contribution in [3.8, 4) is 5.75 Å². The number of anilines is 1. The summed E-state index contributed by atoms with van der Waals surface area (Å²) in [6, 6.07) is 20.4. The van der Waals surface area contributed by atoms with Gasteiger partial charge in [0, 0.05) is 70.9 Å². The predicted octanol–water partition coefficient (Wildman–Crippen LogP) is 2.64. The Morgan fingerprint density at radius 2 is 1.57 bits per heavy atom. The molecule has 7 rings (SSSR count). The second kappa shape index (κ2) is 15.4. The van der Waals surface area contributed by atoms with Crippen LogP contribution in [0.3, 0.4) is 0 Å². The summed E-state index contributed by atoms with van der Waals surface area (Å²) >= 11 is 0. The van der Waals surface area contributed by atoms with E-state index in [9.17, 15) is 19.5 Å². The lowest BCUT2D eigenvalue weighted by Gasteiger charge is -2.55. The zero-order chi connectivity index (χ0) is 35.5. The average Bonchev–Trinajstić information content (AvgIpc) is 3.13. The van der Waals surface area contributed by atoms with Crippen LogP contribution in [0.15, 0.2) is 72.9 Å². The first-order valence-electron chi connectivity index (χ1n) is 18.3. The third kappa shape index (κ3) is 7.88. The van der Waals surface area contributed by atoms with Crippen molar-refractivity contribution >= 4 is 23.5 Å². The molecule has 0 spiro atoms. The fourth-order valence-corrected chi connectivity index (χ4v) is 8.16. The van der Waals surface area contributed by atoms with Gasteiger partial charge in [0.2, 0.25) is 17.7 Å². The minimum Gasteiger partial charge on any atom is -0.508 e. The van der Waals surface area contributed by atoms with Crippen molar-refractivity contribution in [1.82, 2.24) is 34.6 Å². The van der Waals surface area contributed by atoms with Crippen LogP contribution < -0.4 is 4.90 Å². The summed E-state index contributed by atoms with van der Waals surface area (Å²) in [5.41, 5.74) is 3.08.